The van der Waals surface area contributed by atoms with Gasteiger partial charge in [-0.3, -0.25) is 0 Å². The van der Waals surface area contributed by atoms with E-state index < -0.39 is 0 Å². The molecule has 0 aliphatic heterocycles. The molecule has 0 radical (unpaired) electrons. The SMILES string of the molecule is CCC(C)NC(N)=NCc1nc(-c2cccc(Cl)c2)no1. The minimum absolute atomic E-state index is 0.239. The van der Waals surface area contributed by atoms with Crippen LogP contribution in [0.4, 0.5) is 0 Å². The van der Waals surface area contributed by atoms with Gasteiger partial charge in [0.05, 0.1) is 0 Å². The van der Waals surface area contributed by atoms with Gasteiger partial charge in [-0.2, -0.15) is 4.98 Å². The fraction of sp³-hybridized carbons (Fsp3) is 0.357. The van der Waals surface area contributed by atoms with Crippen molar-refractivity contribution >= 4 is 17.6 Å². The molecule has 112 valence electrons. The van der Waals surface area contributed by atoms with Crippen molar-refractivity contribution in [2.75, 3.05) is 0 Å². The Morgan fingerprint density at radius 3 is 3.05 bits per heavy atom. The highest BCUT2D eigenvalue weighted by molar-refractivity contribution is 6.30. The maximum atomic E-state index is 5.93. The molecule has 1 atom stereocenters. The summed E-state index contributed by atoms with van der Waals surface area (Å²) in [5, 5.41) is 7.60. The van der Waals surface area contributed by atoms with E-state index in [4.69, 9.17) is 21.9 Å². The van der Waals surface area contributed by atoms with Gasteiger partial charge in [-0.15, -0.1) is 0 Å². The van der Waals surface area contributed by atoms with Gasteiger partial charge in [0.15, 0.2) is 5.96 Å². The molecule has 0 aliphatic carbocycles. The van der Waals surface area contributed by atoms with Crippen LogP contribution in [0.3, 0.4) is 0 Å². The van der Waals surface area contributed by atoms with Crippen LogP contribution in [0.15, 0.2) is 33.8 Å². The van der Waals surface area contributed by atoms with Crippen LogP contribution in [0.25, 0.3) is 11.4 Å². The molecule has 7 heteroatoms. The maximum Gasteiger partial charge on any atom is 0.248 e. The van der Waals surface area contributed by atoms with Gasteiger partial charge >= 0.3 is 0 Å². The molecule has 1 unspecified atom stereocenters. The number of nitrogens with two attached hydrogens (primary N) is 1. The number of guanidine groups is 1. The van der Waals surface area contributed by atoms with Crippen LogP contribution in [0.1, 0.15) is 26.2 Å². The number of halogens is 1. The fourth-order valence-electron chi connectivity index (χ4n) is 1.62. The Balaban J connectivity index is 2.02. The number of aromatic nitrogens is 2. The molecule has 3 N–H and O–H groups in total. The summed E-state index contributed by atoms with van der Waals surface area (Å²) in [7, 11) is 0. The van der Waals surface area contributed by atoms with Gasteiger partial charge < -0.3 is 15.6 Å². The van der Waals surface area contributed by atoms with E-state index in [2.05, 4.69) is 27.4 Å². The van der Waals surface area contributed by atoms with Crippen LogP contribution in [-0.2, 0) is 6.54 Å². The average molecular weight is 308 g/mol. The van der Waals surface area contributed by atoms with E-state index in [1.54, 1.807) is 12.1 Å². The molecular formula is C14H18ClN5O. The summed E-state index contributed by atoms with van der Waals surface area (Å²) in [5.74, 6) is 1.25. The van der Waals surface area contributed by atoms with Gasteiger partial charge in [0.2, 0.25) is 11.7 Å². The highest BCUT2D eigenvalue weighted by Gasteiger charge is 2.08. The Kier molecular flexibility index (Phi) is 5.16. The second kappa shape index (κ2) is 7.08. The monoisotopic (exact) mass is 307 g/mol. The Bertz CT molecular complexity index is 625. The Labute approximate surface area is 128 Å². The normalized spacial score (nSPS) is 13.2. The lowest BCUT2D eigenvalue weighted by molar-refractivity contribution is 0.380. The standard InChI is InChI=1S/C14H18ClN5O/c1-3-9(2)18-14(16)17-8-12-19-13(20-21-12)10-5-4-6-11(15)7-10/h4-7,9H,3,8H2,1-2H3,(H3,16,17,18). The van der Waals surface area contributed by atoms with Crippen molar-refractivity contribution in [3.05, 3.63) is 35.2 Å². The first-order valence-electron chi connectivity index (χ1n) is 6.73. The molecule has 6 nitrogen and oxygen atoms in total. The lowest BCUT2D eigenvalue weighted by Crippen LogP contribution is -2.38. The van der Waals surface area contributed by atoms with Gasteiger partial charge in [0.1, 0.15) is 6.54 Å². The van der Waals surface area contributed by atoms with Crippen LogP contribution in [0.5, 0.6) is 0 Å². The number of aliphatic imine (C=N–C) groups is 1. The minimum atomic E-state index is 0.239. The third-order valence-electron chi connectivity index (χ3n) is 2.94. The average Bonchev–Trinajstić information content (AvgIpc) is 2.94. The molecule has 0 saturated heterocycles. The molecule has 0 saturated carbocycles. The van der Waals surface area contributed by atoms with Gasteiger partial charge in [0.25, 0.3) is 0 Å². The molecule has 0 bridgehead atoms. The van der Waals surface area contributed by atoms with Crippen molar-refractivity contribution < 1.29 is 4.52 Å². The Hall–Kier alpha value is -2.08. The summed E-state index contributed by atoms with van der Waals surface area (Å²) in [4.78, 5) is 8.43. The van der Waals surface area contributed by atoms with E-state index in [1.165, 1.54) is 0 Å². The van der Waals surface area contributed by atoms with Crippen molar-refractivity contribution in [1.82, 2.24) is 15.5 Å². The van der Waals surface area contributed by atoms with Crippen LogP contribution in [0, 0.1) is 0 Å². The quantitative estimate of drug-likeness (QED) is 0.654. The number of hydrogen-bond acceptors (Lipinski definition) is 4. The van der Waals surface area contributed by atoms with Crippen molar-refractivity contribution in [2.24, 2.45) is 10.7 Å². The molecule has 2 rings (SSSR count). The predicted molar refractivity (Wildman–Crippen MR) is 83.0 cm³/mol. The number of benzene rings is 1. The van der Waals surface area contributed by atoms with Gasteiger partial charge in [-0.05, 0) is 25.5 Å². The molecule has 0 spiro atoms. The topological polar surface area (TPSA) is 89.3 Å². The summed E-state index contributed by atoms with van der Waals surface area (Å²) in [5.41, 5.74) is 6.57. The summed E-state index contributed by atoms with van der Waals surface area (Å²) in [6, 6.07) is 7.54. The first-order valence-corrected chi connectivity index (χ1v) is 7.11. The fourth-order valence-corrected chi connectivity index (χ4v) is 1.81. The molecule has 21 heavy (non-hydrogen) atoms. The van der Waals surface area contributed by atoms with Crippen LogP contribution < -0.4 is 11.1 Å². The van der Waals surface area contributed by atoms with Gasteiger partial charge in [0, 0.05) is 16.6 Å². The molecular weight excluding hydrogens is 290 g/mol. The highest BCUT2D eigenvalue weighted by atomic mass is 35.5. The number of nitrogens with one attached hydrogen (secondary N) is 1. The number of nitrogens with zero attached hydrogens (tertiary/aromatic N) is 3. The van der Waals surface area contributed by atoms with E-state index >= 15 is 0 Å². The third kappa shape index (κ3) is 4.46. The summed E-state index contributed by atoms with van der Waals surface area (Å²) in [6.07, 6.45) is 0.968. The molecule has 0 fully saturated rings. The summed E-state index contributed by atoms with van der Waals surface area (Å²) in [6.45, 7) is 4.34. The zero-order valence-electron chi connectivity index (χ0n) is 12.0. The van der Waals surface area contributed by atoms with E-state index in [1.807, 2.05) is 19.1 Å². The largest absolute Gasteiger partial charge is 0.370 e. The minimum Gasteiger partial charge on any atom is -0.370 e. The maximum absolute atomic E-state index is 5.93. The van der Waals surface area contributed by atoms with Crippen molar-refractivity contribution in [3.8, 4) is 11.4 Å². The van der Waals surface area contributed by atoms with Gasteiger partial charge in [-0.25, -0.2) is 4.99 Å². The number of hydrogen-bond donors (Lipinski definition) is 2. The second-order valence-corrected chi connectivity index (χ2v) is 5.11. The molecule has 0 amide bonds. The zero-order valence-corrected chi connectivity index (χ0v) is 12.8. The lowest BCUT2D eigenvalue weighted by Gasteiger charge is -2.10. The molecule has 1 heterocycles. The molecule has 1 aromatic heterocycles. The Morgan fingerprint density at radius 1 is 1.52 bits per heavy atom. The number of rotatable bonds is 5. The Morgan fingerprint density at radius 2 is 2.33 bits per heavy atom. The second-order valence-electron chi connectivity index (χ2n) is 4.68. The zero-order chi connectivity index (χ0) is 15.2. The lowest BCUT2D eigenvalue weighted by atomic mass is 10.2. The predicted octanol–water partition coefficient (Wildman–Crippen LogP) is 2.59. The molecule has 0 aliphatic rings. The van der Waals surface area contributed by atoms with E-state index in [0.717, 1.165) is 12.0 Å². The first kappa shape index (κ1) is 15.3. The first-order chi connectivity index (χ1) is 10.1. The molecule has 2 aromatic rings. The molecule has 1 aromatic carbocycles. The van der Waals surface area contributed by atoms with Crippen LogP contribution in [0.2, 0.25) is 5.02 Å². The van der Waals surface area contributed by atoms with Gasteiger partial charge in [-0.1, -0.05) is 35.8 Å². The third-order valence-corrected chi connectivity index (χ3v) is 3.18. The van der Waals surface area contributed by atoms with Crippen LogP contribution >= 0.6 is 11.6 Å². The van der Waals surface area contributed by atoms with E-state index in [0.29, 0.717) is 22.7 Å². The smallest absolute Gasteiger partial charge is 0.248 e. The van der Waals surface area contributed by atoms with Crippen molar-refractivity contribution in [1.29, 1.82) is 0 Å². The van der Waals surface area contributed by atoms with Crippen LogP contribution in [-0.4, -0.2) is 22.1 Å². The van der Waals surface area contributed by atoms with E-state index in [9.17, 15) is 0 Å². The summed E-state index contributed by atoms with van der Waals surface area (Å²) >= 11 is 5.93. The highest BCUT2D eigenvalue weighted by Crippen LogP contribution is 2.19. The van der Waals surface area contributed by atoms with Crippen molar-refractivity contribution in [3.63, 3.8) is 0 Å². The van der Waals surface area contributed by atoms with Crippen molar-refractivity contribution in [2.45, 2.75) is 32.9 Å². The summed E-state index contributed by atoms with van der Waals surface area (Å²) < 4.78 is 5.15. The van der Waals surface area contributed by atoms with E-state index in [-0.39, 0.29) is 12.6 Å².